The lowest BCUT2D eigenvalue weighted by molar-refractivity contribution is -0.133. The van der Waals surface area contributed by atoms with Gasteiger partial charge in [-0.1, -0.05) is 36.0 Å². The first-order valence-electron chi connectivity index (χ1n) is 8.55. The number of thioether (sulfide) groups is 1. The number of carboxylic acid groups (broad SMARTS) is 1. The van der Waals surface area contributed by atoms with Gasteiger partial charge in [-0.25, -0.2) is 4.98 Å². The predicted molar refractivity (Wildman–Crippen MR) is 108 cm³/mol. The van der Waals surface area contributed by atoms with Crippen LogP contribution >= 0.6 is 11.8 Å². The molecule has 0 fully saturated rings. The van der Waals surface area contributed by atoms with E-state index in [4.69, 9.17) is 5.11 Å². The fourth-order valence-electron chi connectivity index (χ4n) is 2.66. The molecule has 1 heterocycles. The van der Waals surface area contributed by atoms with E-state index < -0.39 is 11.6 Å². The van der Waals surface area contributed by atoms with Gasteiger partial charge < -0.3 is 20.6 Å². The largest absolute Gasteiger partial charge is 0.733 e. The summed E-state index contributed by atoms with van der Waals surface area (Å²) >= 11 is 0.961. The number of aromatic nitrogens is 3. The maximum absolute atomic E-state index is 11.5. The van der Waals surface area contributed by atoms with Gasteiger partial charge in [-0.15, -0.1) is 5.10 Å². The van der Waals surface area contributed by atoms with E-state index in [1.165, 1.54) is 12.1 Å². The van der Waals surface area contributed by atoms with Crippen LogP contribution in [0.5, 0.6) is 0 Å². The Morgan fingerprint density at radius 2 is 1.83 bits per heavy atom. The van der Waals surface area contributed by atoms with Gasteiger partial charge >= 0.3 is 5.97 Å². The molecular weight excluding hydrogens is 396 g/mol. The van der Waals surface area contributed by atoms with Crippen LogP contribution in [0.2, 0.25) is 0 Å². The number of H-pyrrole nitrogens is 1. The first-order chi connectivity index (χ1) is 13.6. The Hall–Kier alpha value is -2.92. The quantitative estimate of drug-likeness (QED) is 0.337. The molecule has 0 saturated carbocycles. The summed E-state index contributed by atoms with van der Waals surface area (Å²) in [7, 11) is 0. The molecule has 0 aliphatic carbocycles. The van der Waals surface area contributed by atoms with Crippen molar-refractivity contribution in [3.05, 3.63) is 53.2 Å². The maximum atomic E-state index is 11.5. The average Bonchev–Trinajstić information content (AvgIpc) is 3.14. The molecule has 0 atom stereocenters. The molecule has 4 N–H and O–H groups in total. The van der Waals surface area contributed by atoms with Crippen molar-refractivity contribution in [1.82, 2.24) is 15.2 Å². The van der Waals surface area contributed by atoms with Gasteiger partial charge in [0.2, 0.25) is 5.16 Å². The van der Waals surface area contributed by atoms with Crippen LogP contribution in [0, 0.1) is 5.21 Å². The third-order valence-corrected chi connectivity index (χ3v) is 4.96. The first kappa shape index (κ1) is 20.8. The number of aliphatic carboxylic acids is 1. The van der Waals surface area contributed by atoms with Crippen LogP contribution in [0.1, 0.15) is 19.4 Å². The lowest BCUT2D eigenvalue weighted by Crippen LogP contribution is -2.14. The summed E-state index contributed by atoms with van der Waals surface area (Å²) in [6.07, 6.45) is 0. The number of hydrogen-bond acceptors (Lipinski definition) is 8. The minimum atomic E-state index is -0.984. The van der Waals surface area contributed by atoms with Crippen molar-refractivity contribution in [2.24, 2.45) is 0 Å². The van der Waals surface area contributed by atoms with Crippen molar-refractivity contribution < 1.29 is 20.2 Å². The van der Waals surface area contributed by atoms with Crippen LogP contribution in [-0.2, 0) is 10.4 Å². The summed E-state index contributed by atoms with van der Waals surface area (Å²) in [5.41, 5.74) is 1.66. The van der Waals surface area contributed by atoms with Crippen molar-refractivity contribution in [3.8, 4) is 22.5 Å². The van der Waals surface area contributed by atoms with Crippen LogP contribution < -0.4 is 5.23 Å². The fraction of sp³-hybridized carbons (Fsp3) is 0.211. The highest BCUT2D eigenvalue weighted by molar-refractivity contribution is 7.99. The number of anilines is 1. The van der Waals surface area contributed by atoms with Crippen LogP contribution in [0.15, 0.2) is 47.6 Å². The van der Waals surface area contributed by atoms with E-state index in [2.05, 4.69) is 15.2 Å². The maximum Gasteiger partial charge on any atom is 0.313 e. The van der Waals surface area contributed by atoms with Crippen molar-refractivity contribution in [2.45, 2.75) is 24.6 Å². The van der Waals surface area contributed by atoms with E-state index in [0.29, 0.717) is 17.0 Å². The molecule has 1 aromatic heterocycles. The molecule has 0 bridgehead atoms. The molecule has 0 saturated heterocycles. The number of hydrogen-bond donors (Lipinski definition) is 4. The van der Waals surface area contributed by atoms with Gasteiger partial charge in [0.1, 0.15) is 0 Å². The summed E-state index contributed by atoms with van der Waals surface area (Å²) in [5, 5.41) is 46.4. The van der Waals surface area contributed by atoms with Gasteiger partial charge in [0.05, 0.1) is 17.0 Å². The minimum Gasteiger partial charge on any atom is -0.733 e. The zero-order valence-electron chi connectivity index (χ0n) is 15.7. The number of aromatic amines is 1. The molecule has 0 aliphatic heterocycles. The van der Waals surface area contributed by atoms with E-state index >= 15 is 0 Å². The van der Waals surface area contributed by atoms with Crippen LogP contribution in [0.4, 0.5) is 5.69 Å². The van der Waals surface area contributed by atoms with E-state index in [-0.39, 0.29) is 21.8 Å². The highest BCUT2D eigenvalue weighted by atomic mass is 32.2. The molecule has 152 valence electrons. The Morgan fingerprint density at radius 3 is 2.41 bits per heavy atom. The zero-order valence-corrected chi connectivity index (χ0v) is 16.5. The summed E-state index contributed by atoms with van der Waals surface area (Å²) in [5.74, 6) is -0.834. The lowest BCUT2D eigenvalue weighted by Gasteiger charge is -2.23. The molecular formula is C19H19N4O5S-. The van der Waals surface area contributed by atoms with Gasteiger partial charge in [-0.3, -0.25) is 15.1 Å². The predicted octanol–water partition coefficient (Wildman–Crippen LogP) is 3.24. The first-order valence-corrected chi connectivity index (χ1v) is 9.54. The Balaban J connectivity index is 1.97. The highest BCUT2D eigenvalue weighted by Crippen LogP contribution is 2.32. The summed E-state index contributed by atoms with van der Waals surface area (Å²) in [6, 6.07) is 11.9. The third-order valence-electron chi connectivity index (χ3n) is 4.13. The fourth-order valence-corrected chi connectivity index (χ4v) is 3.18. The smallest absolute Gasteiger partial charge is 0.313 e. The Labute approximate surface area is 170 Å². The number of benzene rings is 2. The van der Waals surface area contributed by atoms with E-state index in [9.17, 15) is 20.3 Å². The number of nitrogens with zero attached hydrogens (tertiary/aromatic N) is 3. The SMILES string of the molecule is CC(C)(O)c1ccc(-c2cc(-c3nc(SCC(=O)O)n[nH]3)cc(N([O-])O)c2)cc1. The van der Waals surface area contributed by atoms with E-state index in [1.54, 1.807) is 44.2 Å². The van der Waals surface area contributed by atoms with Gasteiger partial charge in [-0.05, 0) is 48.7 Å². The molecule has 10 heteroatoms. The standard InChI is InChI=1S/C19H19N4O5S/c1-19(2,26)14-5-3-11(4-6-14)12-7-13(9-15(8-12)23(27)28)17-20-18(22-21-17)29-10-16(24)25/h3-9,26-27H,10H2,1-2H3,(H,24,25)(H,20,21,22)/q-1. The Morgan fingerprint density at radius 1 is 1.17 bits per heavy atom. The number of carboxylic acids is 1. The average molecular weight is 415 g/mol. The molecule has 3 rings (SSSR count). The summed E-state index contributed by atoms with van der Waals surface area (Å²) < 4.78 is 0. The van der Waals surface area contributed by atoms with Gasteiger partial charge in [0.15, 0.2) is 5.82 Å². The molecule has 0 radical (unpaired) electrons. The normalized spacial score (nSPS) is 11.5. The van der Waals surface area contributed by atoms with Gasteiger partial charge in [-0.2, -0.15) is 0 Å². The molecule has 0 amide bonds. The molecule has 0 aliphatic rings. The summed E-state index contributed by atoms with van der Waals surface area (Å²) in [4.78, 5) is 14.9. The number of aliphatic hydroxyl groups is 1. The number of carbonyl (C=O) groups is 1. The molecule has 3 aromatic rings. The highest BCUT2D eigenvalue weighted by Gasteiger charge is 2.16. The topological polar surface area (TPSA) is 146 Å². The van der Waals surface area contributed by atoms with Crippen LogP contribution in [0.25, 0.3) is 22.5 Å². The second-order valence-electron chi connectivity index (χ2n) is 6.83. The number of nitrogens with one attached hydrogen (secondary N) is 1. The second-order valence-corrected chi connectivity index (χ2v) is 7.77. The van der Waals surface area contributed by atoms with E-state index in [0.717, 1.165) is 22.9 Å². The molecule has 0 spiro atoms. The summed E-state index contributed by atoms with van der Waals surface area (Å²) in [6.45, 7) is 3.37. The monoisotopic (exact) mass is 415 g/mol. The molecule has 29 heavy (non-hydrogen) atoms. The third kappa shape index (κ3) is 5.12. The molecule has 2 aromatic carbocycles. The van der Waals surface area contributed by atoms with Crippen LogP contribution in [0.3, 0.4) is 0 Å². The number of rotatable bonds is 7. The zero-order chi connectivity index (χ0) is 21.2. The minimum absolute atomic E-state index is 0.000189. The van der Waals surface area contributed by atoms with Crippen LogP contribution in [-0.4, -0.2) is 42.3 Å². The Kier molecular flexibility index (Phi) is 5.89. The second kappa shape index (κ2) is 8.21. The lowest BCUT2D eigenvalue weighted by atomic mass is 9.95. The van der Waals surface area contributed by atoms with Crippen molar-refractivity contribution in [3.63, 3.8) is 0 Å². The molecule has 9 nitrogen and oxygen atoms in total. The Bertz CT molecular complexity index is 1010. The molecule has 0 unspecified atom stereocenters. The van der Waals surface area contributed by atoms with Crippen molar-refractivity contribution in [2.75, 3.05) is 11.0 Å². The van der Waals surface area contributed by atoms with Gasteiger partial charge in [0.25, 0.3) is 0 Å². The van der Waals surface area contributed by atoms with Crippen molar-refractivity contribution >= 4 is 23.4 Å². The van der Waals surface area contributed by atoms with Crippen molar-refractivity contribution in [1.29, 1.82) is 0 Å². The van der Waals surface area contributed by atoms with E-state index in [1.807, 2.05) is 0 Å². The van der Waals surface area contributed by atoms with Gasteiger partial charge in [0, 0.05) is 5.56 Å².